The van der Waals surface area contributed by atoms with Gasteiger partial charge in [0, 0.05) is 6.54 Å². The van der Waals surface area contributed by atoms with Gasteiger partial charge in [0.15, 0.2) is 11.5 Å². The van der Waals surface area contributed by atoms with Crippen LogP contribution in [0.1, 0.15) is 11.6 Å². The van der Waals surface area contributed by atoms with E-state index in [2.05, 4.69) is 11.4 Å². The van der Waals surface area contributed by atoms with Gasteiger partial charge in [0.05, 0.1) is 19.3 Å². The van der Waals surface area contributed by atoms with Crippen molar-refractivity contribution in [3.63, 3.8) is 0 Å². The lowest BCUT2D eigenvalue weighted by atomic mass is 10.1. The summed E-state index contributed by atoms with van der Waals surface area (Å²) in [7, 11) is 0. The van der Waals surface area contributed by atoms with E-state index in [-0.39, 0.29) is 6.04 Å². The standard InChI is InChI=1S/C11H13NO3/c1-2-10-11(15-7-14-10)5-8(1)9-6-13-4-3-12-9/h1-2,5,9,12H,3-4,6-7H2/t9-/m1/s1. The maximum Gasteiger partial charge on any atom is 0.231 e. The summed E-state index contributed by atoms with van der Waals surface area (Å²) in [5.74, 6) is 1.66. The van der Waals surface area contributed by atoms with Gasteiger partial charge in [-0.15, -0.1) is 0 Å². The Balaban J connectivity index is 1.85. The average molecular weight is 207 g/mol. The summed E-state index contributed by atoms with van der Waals surface area (Å²) in [6, 6.07) is 6.30. The number of benzene rings is 1. The third-order valence-electron chi connectivity index (χ3n) is 2.72. The summed E-state index contributed by atoms with van der Waals surface area (Å²) >= 11 is 0. The van der Waals surface area contributed by atoms with Gasteiger partial charge in [-0.3, -0.25) is 0 Å². The van der Waals surface area contributed by atoms with Crippen LogP contribution in [0.25, 0.3) is 0 Å². The zero-order valence-corrected chi connectivity index (χ0v) is 8.36. The lowest BCUT2D eigenvalue weighted by Crippen LogP contribution is -2.34. The summed E-state index contributed by atoms with van der Waals surface area (Å²) in [5.41, 5.74) is 1.19. The van der Waals surface area contributed by atoms with Crippen LogP contribution in [0.5, 0.6) is 11.5 Å². The molecule has 4 heteroatoms. The Labute approximate surface area is 88.1 Å². The van der Waals surface area contributed by atoms with Gasteiger partial charge in [0.1, 0.15) is 0 Å². The molecule has 3 rings (SSSR count). The first-order chi connectivity index (χ1) is 7.43. The topological polar surface area (TPSA) is 39.7 Å². The highest BCUT2D eigenvalue weighted by atomic mass is 16.7. The molecular formula is C11H13NO3. The van der Waals surface area contributed by atoms with Gasteiger partial charge >= 0.3 is 0 Å². The molecule has 1 saturated heterocycles. The van der Waals surface area contributed by atoms with E-state index in [4.69, 9.17) is 14.2 Å². The number of nitrogens with one attached hydrogen (secondary N) is 1. The van der Waals surface area contributed by atoms with Gasteiger partial charge < -0.3 is 19.5 Å². The Hall–Kier alpha value is -1.26. The van der Waals surface area contributed by atoms with Crippen LogP contribution in [0.3, 0.4) is 0 Å². The smallest absolute Gasteiger partial charge is 0.231 e. The van der Waals surface area contributed by atoms with Crippen LogP contribution < -0.4 is 14.8 Å². The fourth-order valence-corrected chi connectivity index (χ4v) is 1.91. The highest BCUT2D eigenvalue weighted by Crippen LogP contribution is 2.34. The van der Waals surface area contributed by atoms with Crippen LogP contribution in [0, 0.1) is 0 Å². The zero-order valence-electron chi connectivity index (χ0n) is 8.36. The Morgan fingerprint density at radius 2 is 2.13 bits per heavy atom. The molecule has 0 saturated carbocycles. The fraction of sp³-hybridized carbons (Fsp3) is 0.455. The molecule has 80 valence electrons. The van der Waals surface area contributed by atoms with Gasteiger partial charge in [-0.2, -0.15) is 0 Å². The maximum atomic E-state index is 5.42. The molecule has 1 N–H and O–H groups in total. The number of rotatable bonds is 1. The summed E-state index contributed by atoms with van der Waals surface area (Å²) in [6.07, 6.45) is 0. The largest absolute Gasteiger partial charge is 0.454 e. The molecule has 2 aliphatic heterocycles. The molecule has 1 aromatic carbocycles. The van der Waals surface area contributed by atoms with Crippen LogP contribution in [-0.4, -0.2) is 26.6 Å². The fourth-order valence-electron chi connectivity index (χ4n) is 1.91. The molecule has 0 radical (unpaired) electrons. The second kappa shape index (κ2) is 3.72. The quantitative estimate of drug-likeness (QED) is 0.748. The van der Waals surface area contributed by atoms with E-state index in [1.54, 1.807) is 0 Å². The van der Waals surface area contributed by atoms with Crippen molar-refractivity contribution in [2.75, 3.05) is 26.6 Å². The van der Waals surface area contributed by atoms with E-state index in [0.29, 0.717) is 6.79 Å². The van der Waals surface area contributed by atoms with Gasteiger partial charge in [0.2, 0.25) is 6.79 Å². The minimum Gasteiger partial charge on any atom is -0.454 e. The van der Waals surface area contributed by atoms with E-state index >= 15 is 0 Å². The normalized spacial score (nSPS) is 24.1. The minimum absolute atomic E-state index is 0.272. The van der Waals surface area contributed by atoms with E-state index in [0.717, 1.165) is 31.3 Å². The molecule has 1 fully saturated rings. The Morgan fingerprint density at radius 3 is 3.00 bits per heavy atom. The van der Waals surface area contributed by atoms with Crippen molar-refractivity contribution in [1.82, 2.24) is 5.32 Å². The lowest BCUT2D eigenvalue weighted by Gasteiger charge is -2.24. The van der Waals surface area contributed by atoms with Crippen LogP contribution in [0.4, 0.5) is 0 Å². The number of ether oxygens (including phenoxy) is 3. The SMILES string of the molecule is c1cc2c(cc1[C@H]1COCCN1)OCO2. The molecule has 0 aliphatic carbocycles. The van der Waals surface area contributed by atoms with Crippen molar-refractivity contribution in [3.8, 4) is 11.5 Å². The van der Waals surface area contributed by atoms with E-state index in [1.165, 1.54) is 5.56 Å². The van der Waals surface area contributed by atoms with Crippen molar-refractivity contribution in [1.29, 1.82) is 0 Å². The summed E-state index contributed by atoms with van der Waals surface area (Å²) in [5, 5.41) is 3.41. The number of hydrogen-bond acceptors (Lipinski definition) is 4. The summed E-state index contributed by atoms with van der Waals surface area (Å²) < 4.78 is 16.0. The van der Waals surface area contributed by atoms with Gasteiger partial charge in [-0.1, -0.05) is 6.07 Å². The van der Waals surface area contributed by atoms with Crippen LogP contribution in [0.15, 0.2) is 18.2 Å². The zero-order chi connectivity index (χ0) is 10.1. The minimum atomic E-state index is 0.272. The van der Waals surface area contributed by atoms with Gasteiger partial charge in [0.25, 0.3) is 0 Å². The molecule has 0 aromatic heterocycles. The first-order valence-electron chi connectivity index (χ1n) is 5.14. The van der Waals surface area contributed by atoms with Gasteiger partial charge in [-0.05, 0) is 17.7 Å². The third kappa shape index (κ3) is 1.66. The van der Waals surface area contributed by atoms with Gasteiger partial charge in [-0.25, -0.2) is 0 Å². The Kier molecular flexibility index (Phi) is 2.23. The van der Waals surface area contributed by atoms with E-state index in [1.807, 2.05) is 12.1 Å². The maximum absolute atomic E-state index is 5.42. The van der Waals surface area contributed by atoms with Crippen molar-refractivity contribution in [3.05, 3.63) is 23.8 Å². The molecule has 1 aromatic rings. The van der Waals surface area contributed by atoms with Crippen molar-refractivity contribution < 1.29 is 14.2 Å². The highest BCUT2D eigenvalue weighted by molar-refractivity contribution is 5.45. The van der Waals surface area contributed by atoms with Crippen LogP contribution in [0.2, 0.25) is 0 Å². The van der Waals surface area contributed by atoms with E-state index < -0.39 is 0 Å². The summed E-state index contributed by atoms with van der Waals surface area (Å²) in [6.45, 7) is 2.74. The molecule has 2 aliphatic rings. The highest BCUT2D eigenvalue weighted by Gasteiger charge is 2.19. The molecule has 0 bridgehead atoms. The first kappa shape index (κ1) is 9.00. The number of hydrogen-bond donors (Lipinski definition) is 1. The monoisotopic (exact) mass is 207 g/mol. The van der Waals surface area contributed by atoms with Crippen molar-refractivity contribution >= 4 is 0 Å². The third-order valence-corrected chi connectivity index (χ3v) is 2.72. The molecular weight excluding hydrogens is 194 g/mol. The predicted octanol–water partition coefficient (Wildman–Crippen LogP) is 1.08. The molecule has 4 nitrogen and oxygen atoms in total. The van der Waals surface area contributed by atoms with Crippen molar-refractivity contribution in [2.45, 2.75) is 6.04 Å². The van der Waals surface area contributed by atoms with Crippen molar-refractivity contribution in [2.24, 2.45) is 0 Å². The second-order valence-electron chi connectivity index (χ2n) is 3.69. The average Bonchev–Trinajstić information content (AvgIpc) is 2.77. The predicted molar refractivity (Wildman–Crippen MR) is 54.1 cm³/mol. The first-order valence-corrected chi connectivity index (χ1v) is 5.14. The van der Waals surface area contributed by atoms with Crippen LogP contribution in [-0.2, 0) is 4.74 Å². The summed E-state index contributed by atoms with van der Waals surface area (Å²) in [4.78, 5) is 0. The molecule has 0 spiro atoms. The molecule has 0 amide bonds. The molecule has 2 heterocycles. The second-order valence-corrected chi connectivity index (χ2v) is 3.69. The number of fused-ring (bicyclic) bond motifs is 1. The Morgan fingerprint density at radius 1 is 1.20 bits per heavy atom. The lowest BCUT2D eigenvalue weighted by molar-refractivity contribution is 0.0768. The molecule has 0 unspecified atom stereocenters. The van der Waals surface area contributed by atoms with E-state index in [9.17, 15) is 0 Å². The molecule has 15 heavy (non-hydrogen) atoms. The Bertz CT molecular complexity index is 361. The molecule has 1 atom stereocenters. The van der Waals surface area contributed by atoms with Crippen LogP contribution >= 0.6 is 0 Å². The number of morpholine rings is 1.